The van der Waals surface area contributed by atoms with Crippen LogP contribution in [0.3, 0.4) is 0 Å². The molecule has 4 rings (SSSR count). The molecule has 2 saturated heterocycles. The number of ether oxygens (including phenoxy) is 2. The van der Waals surface area contributed by atoms with Crippen LogP contribution in [0.25, 0.3) is 0 Å². The zero-order chi connectivity index (χ0) is 16.2. The quantitative estimate of drug-likeness (QED) is 0.844. The molecule has 0 bridgehead atoms. The third-order valence-electron chi connectivity index (χ3n) is 4.95. The molecular weight excluding hydrogens is 304 g/mol. The van der Waals surface area contributed by atoms with Gasteiger partial charge in [0, 0.05) is 19.2 Å². The van der Waals surface area contributed by atoms with Crippen LogP contribution in [0.1, 0.15) is 30.7 Å². The Balaban J connectivity index is 1.31. The highest BCUT2D eigenvalue weighted by atomic mass is 16.6. The molecule has 2 aromatic rings. The monoisotopic (exact) mass is 328 g/mol. The first-order chi connectivity index (χ1) is 11.8. The van der Waals surface area contributed by atoms with E-state index < -0.39 is 0 Å². The lowest BCUT2D eigenvalue weighted by Gasteiger charge is -2.39. The van der Waals surface area contributed by atoms with Crippen molar-refractivity contribution >= 4 is 0 Å². The highest BCUT2D eigenvalue weighted by Gasteiger charge is 2.43. The van der Waals surface area contributed by atoms with Crippen molar-refractivity contribution in [2.75, 3.05) is 19.7 Å². The van der Waals surface area contributed by atoms with Gasteiger partial charge in [-0.3, -0.25) is 9.88 Å². The van der Waals surface area contributed by atoms with Gasteiger partial charge in [0.2, 0.25) is 0 Å². The molecule has 0 N–H and O–H groups in total. The fourth-order valence-electron chi connectivity index (χ4n) is 3.83. The van der Waals surface area contributed by atoms with Crippen LogP contribution in [-0.4, -0.2) is 41.3 Å². The highest BCUT2D eigenvalue weighted by molar-refractivity contribution is 5.03. The predicted octanol–water partition coefficient (Wildman–Crippen LogP) is 3.01. The summed E-state index contributed by atoms with van der Waals surface area (Å²) < 4.78 is 17.7. The predicted molar refractivity (Wildman–Crippen MR) is 89.3 cm³/mol. The van der Waals surface area contributed by atoms with Crippen molar-refractivity contribution in [2.24, 2.45) is 0 Å². The lowest BCUT2D eigenvalue weighted by Crippen LogP contribution is -2.47. The Hall–Kier alpha value is -1.69. The van der Waals surface area contributed by atoms with Crippen LogP contribution in [0.5, 0.6) is 0 Å². The van der Waals surface area contributed by atoms with Gasteiger partial charge in [-0.2, -0.15) is 0 Å². The molecular formula is C19H24N2O3. The number of likely N-dealkylation sites (tertiary alicyclic amines) is 1. The molecule has 0 saturated carbocycles. The molecule has 0 aliphatic carbocycles. The fourth-order valence-corrected chi connectivity index (χ4v) is 3.83. The molecule has 5 heteroatoms. The number of rotatable bonds is 5. The van der Waals surface area contributed by atoms with Gasteiger partial charge in [0.15, 0.2) is 0 Å². The molecule has 2 aromatic heterocycles. The summed E-state index contributed by atoms with van der Waals surface area (Å²) in [6.45, 7) is 4.16. The number of nitrogens with zero attached hydrogens (tertiary/aromatic N) is 2. The van der Waals surface area contributed by atoms with E-state index in [0.29, 0.717) is 13.2 Å². The second kappa shape index (κ2) is 7.05. The molecule has 0 aromatic carbocycles. The van der Waals surface area contributed by atoms with Crippen LogP contribution >= 0.6 is 0 Å². The van der Waals surface area contributed by atoms with E-state index in [4.69, 9.17) is 13.9 Å². The van der Waals surface area contributed by atoms with Crippen LogP contribution in [0.2, 0.25) is 0 Å². The molecule has 0 unspecified atom stereocenters. The van der Waals surface area contributed by atoms with E-state index in [2.05, 4.69) is 9.88 Å². The van der Waals surface area contributed by atoms with Crippen LogP contribution in [0, 0.1) is 0 Å². The zero-order valence-corrected chi connectivity index (χ0v) is 13.9. The Morgan fingerprint density at radius 2 is 2.29 bits per heavy atom. The van der Waals surface area contributed by atoms with E-state index in [1.165, 1.54) is 0 Å². The van der Waals surface area contributed by atoms with Gasteiger partial charge in [0.1, 0.15) is 5.76 Å². The van der Waals surface area contributed by atoms with Gasteiger partial charge in [-0.15, -0.1) is 0 Å². The fraction of sp³-hybridized carbons (Fsp3) is 0.526. The first-order valence-corrected chi connectivity index (χ1v) is 8.72. The number of hydrogen-bond donors (Lipinski definition) is 0. The lowest BCUT2D eigenvalue weighted by atomic mass is 9.89. The third-order valence-corrected chi connectivity index (χ3v) is 4.95. The number of piperidine rings is 1. The van der Waals surface area contributed by atoms with Crippen molar-refractivity contribution in [1.29, 1.82) is 0 Å². The number of aromatic nitrogens is 1. The van der Waals surface area contributed by atoms with E-state index in [1.807, 2.05) is 30.3 Å². The van der Waals surface area contributed by atoms with Crippen molar-refractivity contribution in [3.05, 3.63) is 54.2 Å². The maximum atomic E-state index is 6.21. The van der Waals surface area contributed by atoms with Crippen molar-refractivity contribution < 1.29 is 13.9 Å². The SMILES string of the molecule is c1ccc(CO[C@H]2CO[C@@]3(CCCN(Cc4ccco4)C3)C2)nc1. The second-order valence-electron chi connectivity index (χ2n) is 6.85. The lowest BCUT2D eigenvalue weighted by molar-refractivity contribution is -0.0559. The summed E-state index contributed by atoms with van der Waals surface area (Å²) >= 11 is 0. The molecule has 2 aliphatic heterocycles. The van der Waals surface area contributed by atoms with Gasteiger partial charge in [-0.05, 0) is 43.7 Å². The Labute approximate surface area is 142 Å². The Morgan fingerprint density at radius 1 is 1.29 bits per heavy atom. The minimum Gasteiger partial charge on any atom is -0.468 e. The zero-order valence-electron chi connectivity index (χ0n) is 13.9. The van der Waals surface area contributed by atoms with Gasteiger partial charge in [-0.25, -0.2) is 0 Å². The summed E-state index contributed by atoms with van der Waals surface area (Å²) in [5.41, 5.74) is 0.918. The maximum Gasteiger partial charge on any atom is 0.117 e. The Bertz CT molecular complexity index is 631. The largest absolute Gasteiger partial charge is 0.468 e. The van der Waals surface area contributed by atoms with E-state index in [0.717, 1.165) is 50.4 Å². The van der Waals surface area contributed by atoms with E-state index in [-0.39, 0.29) is 11.7 Å². The molecule has 4 heterocycles. The second-order valence-corrected chi connectivity index (χ2v) is 6.85. The number of furan rings is 1. The van der Waals surface area contributed by atoms with E-state index >= 15 is 0 Å². The van der Waals surface area contributed by atoms with Gasteiger partial charge in [0.25, 0.3) is 0 Å². The number of pyridine rings is 1. The first kappa shape index (κ1) is 15.8. The number of hydrogen-bond acceptors (Lipinski definition) is 5. The third kappa shape index (κ3) is 3.69. The molecule has 5 nitrogen and oxygen atoms in total. The molecule has 24 heavy (non-hydrogen) atoms. The van der Waals surface area contributed by atoms with Gasteiger partial charge in [-0.1, -0.05) is 6.07 Å². The van der Waals surface area contributed by atoms with Crippen molar-refractivity contribution in [2.45, 2.75) is 44.1 Å². The van der Waals surface area contributed by atoms with Gasteiger partial charge in [0.05, 0.1) is 43.4 Å². The van der Waals surface area contributed by atoms with Gasteiger partial charge >= 0.3 is 0 Å². The Kier molecular flexibility index (Phi) is 4.65. The van der Waals surface area contributed by atoms with Crippen LogP contribution in [-0.2, 0) is 22.6 Å². The minimum absolute atomic E-state index is 0.0559. The van der Waals surface area contributed by atoms with Crippen molar-refractivity contribution in [3.8, 4) is 0 Å². The highest BCUT2D eigenvalue weighted by Crippen LogP contribution is 2.36. The minimum atomic E-state index is -0.0559. The normalized spacial score (nSPS) is 27.8. The molecule has 128 valence electrons. The molecule has 2 aliphatic rings. The summed E-state index contributed by atoms with van der Waals surface area (Å²) in [5.74, 6) is 1.02. The first-order valence-electron chi connectivity index (χ1n) is 8.72. The molecule has 2 atom stereocenters. The average Bonchev–Trinajstić information content (AvgIpc) is 3.25. The topological polar surface area (TPSA) is 47.7 Å². The average molecular weight is 328 g/mol. The van der Waals surface area contributed by atoms with E-state index in [9.17, 15) is 0 Å². The van der Waals surface area contributed by atoms with Crippen molar-refractivity contribution in [1.82, 2.24) is 9.88 Å². The Morgan fingerprint density at radius 3 is 3.12 bits per heavy atom. The molecule has 0 radical (unpaired) electrons. The summed E-state index contributed by atoms with van der Waals surface area (Å²) in [4.78, 5) is 6.75. The summed E-state index contributed by atoms with van der Waals surface area (Å²) in [6, 6.07) is 9.90. The molecule has 0 amide bonds. The van der Waals surface area contributed by atoms with Gasteiger partial charge < -0.3 is 13.9 Å². The smallest absolute Gasteiger partial charge is 0.117 e. The van der Waals surface area contributed by atoms with Crippen molar-refractivity contribution in [3.63, 3.8) is 0 Å². The summed E-state index contributed by atoms with van der Waals surface area (Å²) in [7, 11) is 0. The van der Waals surface area contributed by atoms with E-state index in [1.54, 1.807) is 12.5 Å². The van der Waals surface area contributed by atoms with Crippen LogP contribution < -0.4 is 0 Å². The van der Waals surface area contributed by atoms with Crippen LogP contribution in [0.15, 0.2) is 47.2 Å². The standard InChI is InChI=1S/C19H24N2O3/c1-2-8-20-16(5-1)13-23-18-11-19(24-14-18)7-4-9-21(15-19)12-17-6-3-10-22-17/h1-3,5-6,8,10,18H,4,7,9,11-15H2/t18-,19+/m1/s1. The summed E-state index contributed by atoms with van der Waals surface area (Å²) in [6.07, 6.45) is 6.95. The molecule has 1 spiro atoms. The summed E-state index contributed by atoms with van der Waals surface area (Å²) in [5, 5.41) is 0. The molecule has 2 fully saturated rings. The van der Waals surface area contributed by atoms with Crippen LogP contribution in [0.4, 0.5) is 0 Å². The maximum absolute atomic E-state index is 6.21.